The highest BCUT2D eigenvalue weighted by atomic mass is 35.5. The summed E-state index contributed by atoms with van der Waals surface area (Å²) in [6.45, 7) is 3.30. The molecule has 0 aliphatic carbocycles. The molecule has 3 nitrogen and oxygen atoms in total. The van der Waals surface area contributed by atoms with Crippen LogP contribution in [-0.4, -0.2) is 24.3 Å². The van der Waals surface area contributed by atoms with Crippen LogP contribution in [0, 0.1) is 5.92 Å². The van der Waals surface area contributed by atoms with Crippen molar-refractivity contribution < 1.29 is 40.8 Å². The Balaban J connectivity index is 0. The lowest BCUT2D eigenvalue weighted by Gasteiger charge is -2.23. The van der Waals surface area contributed by atoms with Gasteiger partial charge in [-0.1, -0.05) is 13.8 Å². The summed E-state index contributed by atoms with van der Waals surface area (Å²) in [6, 6.07) is 0. The van der Waals surface area contributed by atoms with Gasteiger partial charge in [0.25, 0.3) is 0 Å². The number of hydrogen-bond acceptors (Lipinski definition) is 2. The van der Waals surface area contributed by atoms with E-state index in [2.05, 4.69) is 10.5 Å². The Labute approximate surface area is 92.6 Å². The monoisotopic (exact) mass is 249 g/mol. The molecule has 92 valence electrons. The molecular weight excluding hydrogens is 235 g/mol. The second-order valence-electron chi connectivity index (χ2n) is 3.76. The Morgan fingerprint density at radius 1 is 1.40 bits per heavy atom. The van der Waals surface area contributed by atoms with Gasteiger partial charge in [0.05, 0.1) is 0 Å². The van der Waals surface area contributed by atoms with Crippen LogP contribution < -0.4 is 18.1 Å². The van der Waals surface area contributed by atoms with Gasteiger partial charge in [0.1, 0.15) is 0 Å². The normalized spacial score (nSPS) is 15.5. The Hall–Kier alpha value is -0.490. The fourth-order valence-electron chi connectivity index (χ4n) is 0.548. The molecule has 7 heteroatoms. The molecule has 0 amide bonds. The number of quaternary nitrogens is 1. The second-order valence-corrected chi connectivity index (χ2v) is 3.76. The topological polar surface area (TPSA) is 53.9 Å². The highest BCUT2D eigenvalue weighted by molar-refractivity contribution is 5.78. The molecule has 0 fully saturated rings. The highest BCUT2D eigenvalue weighted by Gasteiger charge is 2.40. The number of esters is 1. The molecule has 0 saturated carbocycles. The number of ether oxygens (including phenoxy) is 1. The standard InChI is InChI=1S/C8H14F3NO2.ClH/c1-5(2)7(3,12)6(13)14-4-8(9,10)11;/h5H,4,12H2,1-3H3;1H/t7-;/m0./s1. The third-order valence-electron chi connectivity index (χ3n) is 2.11. The molecule has 0 spiro atoms. The molecule has 0 aliphatic heterocycles. The van der Waals surface area contributed by atoms with Crippen molar-refractivity contribution in [1.29, 1.82) is 0 Å². The third kappa shape index (κ3) is 5.84. The van der Waals surface area contributed by atoms with Gasteiger partial charge < -0.3 is 22.9 Å². The zero-order valence-electron chi connectivity index (χ0n) is 8.82. The van der Waals surface area contributed by atoms with Crippen molar-refractivity contribution in [3.63, 3.8) is 0 Å². The minimum atomic E-state index is -4.48. The lowest BCUT2D eigenvalue weighted by Crippen LogP contribution is -3.00. The summed E-state index contributed by atoms with van der Waals surface area (Å²) in [5.41, 5.74) is 2.39. The van der Waals surface area contributed by atoms with Gasteiger partial charge in [0.15, 0.2) is 12.1 Å². The number of rotatable bonds is 3. The zero-order chi connectivity index (χ0) is 11.6. The van der Waals surface area contributed by atoms with Gasteiger partial charge in [-0.3, -0.25) is 0 Å². The first-order chi connectivity index (χ1) is 6.07. The number of carbonyl (C=O) groups is 1. The van der Waals surface area contributed by atoms with Crippen LogP contribution in [0.25, 0.3) is 0 Å². The average molecular weight is 250 g/mol. The number of carbonyl (C=O) groups excluding carboxylic acids is 1. The zero-order valence-corrected chi connectivity index (χ0v) is 9.58. The van der Waals surface area contributed by atoms with Gasteiger partial charge in [0.2, 0.25) is 0 Å². The summed E-state index contributed by atoms with van der Waals surface area (Å²) in [5.74, 6) is -1.10. The van der Waals surface area contributed by atoms with Crippen LogP contribution in [-0.2, 0) is 9.53 Å². The van der Waals surface area contributed by atoms with E-state index in [0.29, 0.717) is 0 Å². The van der Waals surface area contributed by atoms with Crippen molar-refractivity contribution in [1.82, 2.24) is 0 Å². The second kappa shape index (κ2) is 5.55. The summed E-state index contributed by atoms with van der Waals surface area (Å²) in [4.78, 5) is 11.2. The van der Waals surface area contributed by atoms with Crippen LogP contribution >= 0.6 is 0 Å². The smallest absolute Gasteiger partial charge is 0.422 e. The quantitative estimate of drug-likeness (QED) is 0.575. The molecule has 0 bridgehead atoms. The molecule has 0 aromatic carbocycles. The molecule has 0 radical (unpaired) electrons. The molecule has 0 heterocycles. The van der Waals surface area contributed by atoms with Crippen molar-refractivity contribution in [2.24, 2.45) is 5.92 Å². The van der Waals surface area contributed by atoms with E-state index in [1.165, 1.54) is 6.92 Å². The third-order valence-corrected chi connectivity index (χ3v) is 2.11. The van der Waals surface area contributed by atoms with E-state index in [1.54, 1.807) is 13.8 Å². The predicted molar refractivity (Wildman–Crippen MR) is 43.1 cm³/mol. The van der Waals surface area contributed by atoms with Crippen LogP contribution in [0.4, 0.5) is 13.2 Å². The van der Waals surface area contributed by atoms with E-state index in [-0.39, 0.29) is 18.3 Å². The van der Waals surface area contributed by atoms with Crippen LogP contribution in [0.1, 0.15) is 20.8 Å². The number of hydrogen-bond donors (Lipinski definition) is 1. The lowest BCUT2D eigenvalue weighted by atomic mass is 9.90. The summed E-state index contributed by atoms with van der Waals surface area (Å²) in [5, 5.41) is 0. The maximum Gasteiger partial charge on any atom is 0.422 e. The molecule has 0 aliphatic rings. The van der Waals surface area contributed by atoms with Gasteiger partial charge in [-0.05, 0) is 0 Å². The number of alkyl halides is 3. The van der Waals surface area contributed by atoms with Gasteiger partial charge in [-0.2, -0.15) is 13.2 Å². The molecule has 3 N–H and O–H groups in total. The van der Waals surface area contributed by atoms with E-state index in [1.807, 2.05) is 0 Å². The maximum atomic E-state index is 11.7. The predicted octanol–water partition coefficient (Wildman–Crippen LogP) is -2.25. The van der Waals surface area contributed by atoms with Gasteiger partial charge >= 0.3 is 12.1 Å². The molecule has 0 unspecified atom stereocenters. The minimum absolute atomic E-state index is 0. The largest absolute Gasteiger partial charge is 1.00 e. The van der Waals surface area contributed by atoms with Crippen molar-refractivity contribution in [3.05, 3.63) is 0 Å². The van der Waals surface area contributed by atoms with E-state index in [9.17, 15) is 18.0 Å². The summed E-state index contributed by atoms with van der Waals surface area (Å²) >= 11 is 0. The van der Waals surface area contributed by atoms with Crippen molar-refractivity contribution in [3.8, 4) is 0 Å². The molecule has 0 saturated heterocycles. The molecule has 0 aromatic rings. The molecule has 0 rings (SSSR count). The molecule has 1 atom stereocenters. The lowest BCUT2D eigenvalue weighted by molar-refractivity contribution is -0.469. The molecule has 15 heavy (non-hydrogen) atoms. The van der Waals surface area contributed by atoms with E-state index < -0.39 is 24.3 Å². The minimum Gasteiger partial charge on any atom is -1.00 e. The summed E-state index contributed by atoms with van der Waals surface area (Å²) in [7, 11) is 0. The van der Waals surface area contributed by atoms with E-state index in [4.69, 9.17) is 0 Å². The fraction of sp³-hybridized carbons (Fsp3) is 0.875. The van der Waals surface area contributed by atoms with Crippen molar-refractivity contribution in [2.45, 2.75) is 32.5 Å². The first-order valence-corrected chi connectivity index (χ1v) is 4.16. The van der Waals surface area contributed by atoms with Gasteiger partial charge in [0, 0.05) is 12.8 Å². The van der Waals surface area contributed by atoms with E-state index in [0.717, 1.165) is 0 Å². The van der Waals surface area contributed by atoms with Crippen molar-refractivity contribution >= 4 is 5.97 Å². The SMILES string of the molecule is CC(C)[C@](C)([NH3+])C(=O)OCC(F)(F)F.[Cl-]. The van der Waals surface area contributed by atoms with E-state index >= 15 is 0 Å². The van der Waals surface area contributed by atoms with Gasteiger partial charge in [-0.25, -0.2) is 4.79 Å². The Morgan fingerprint density at radius 2 is 1.80 bits per heavy atom. The van der Waals surface area contributed by atoms with Crippen LogP contribution in [0.15, 0.2) is 0 Å². The Kier molecular flexibility index (Phi) is 6.27. The van der Waals surface area contributed by atoms with Crippen LogP contribution in [0.2, 0.25) is 0 Å². The first-order valence-electron chi connectivity index (χ1n) is 4.16. The van der Waals surface area contributed by atoms with Crippen LogP contribution in [0.5, 0.6) is 0 Å². The number of halogens is 4. The van der Waals surface area contributed by atoms with Crippen LogP contribution in [0.3, 0.4) is 0 Å². The summed E-state index contributed by atoms with van der Waals surface area (Å²) in [6.07, 6.45) is -4.48. The fourth-order valence-corrected chi connectivity index (χ4v) is 0.548. The maximum absolute atomic E-state index is 11.7. The highest BCUT2D eigenvalue weighted by Crippen LogP contribution is 2.18. The first kappa shape index (κ1) is 16.9. The van der Waals surface area contributed by atoms with Crippen molar-refractivity contribution in [2.75, 3.05) is 6.61 Å². The molecule has 0 aromatic heterocycles. The molecular formula is C8H15ClF3NO2. The average Bonchev–Trinajstić information content (AvgIpc) is 1.98. The Morgan fingerprint density at radius 3 is 2.07 bits per heavy atom. The summed E-state index contributed by atoms with van der Waals surface area (Å²) < 4.78 is 39.2. The van der Waals surface area contributed by atoms with Gasteiger partial charge in [-0.15, -0.1) is 0 Å². The Bertz CT molecular complexity index is 216.